The predicted octanol–water partition coefficient (Wildman–Crippen LogP) is 0.476. The molecule has 0 aromatic heterocycles. The van der Waals surface area contributed by atoms with Crippen LogP contribution in [0.15, 0.2) is 11.5 Å². The summed E-state index contributed by atoms with van der Waals surface area (Å²) in [7, 11) is 0. The number of carboxylic acids is 1. The van der Waals surface area contributed by atoms with Gasteiger partial charge in [-0.15, -0.1) is 0 Å². The Morgan fingerprint density at radius 3 is 2.00 bits per heavy atom. The summed E-state index contributed by atoms with van der Waals surface area (Å²) in [6.45, 7) is 0. The Kier molecular flexibility index (Phi) is 2.72. The Hall–Kier alpha value is -1.20. The first-order chi connectivity index (χ1) is 4.46. The number of carboxylic acid groups (broad SMARTS) is 1. The quantitative estimate of drug-likeness (QED) is 0.570. The summed E-state index contributed by atoms with van der Waals surface area (Å²) in [4.78, 5) is 9.60. The van der Waals surface area contributed by atoms with Crippen LogP contribution in [0.3, 0.4) is 0 Å². The largest absolute Gasteiger partial charge is 0.476 e. The van der Waals surface area contributed by atoms with Crippen molar-refractivity contribution < 1.29 is 23.1 Å². The van der Waals surface area contributed by atoms with E-state index in [0.29, 0.717) is 0 Å². The lowest BCUT2D eigenvalue weighted by Crippen LogP contribution is -2.13. The third kappa shape index (κ3) is 1.96. The van der Waals surface area contributed by atoms with Crippen LogP contribution in [-0.2, 0) is 4.79 Å². The molecule has 6 heteroatoms. The number of allylic oxidation sites excluding steroid dienone is 1. The molecule has 0 aliphatic carbocycles. The van der Waals surface area contributed by atoms with Crippen LogP contribution >= 0.6 is 0 Å². The van der Waals surface area contributed by atoms with Crippen LogP contribution < -0.4 is 5.73 Å². The van der Waals surface area contributed by atoms with Gasteiger partial charge in [0.2, 0.25) is 5.83 Å². The number of hydrogen-bond acceptors (Lipinski definition) is 2. The van der Waals surface area contributed by atoms with E-state index in [-0.39, 0.29) is 0 Å². The summed E-state index contributed by atoms with van der Waals surface area (Å²) in [6, 6.07) is 0. The van der Waals surface area contributed by atoms with Crippen molar-refractivity contribution in [1.29, 1.82) is 0 Å². The number of halogens is 3. The number of nitrogens with two attached hydrogens (primary N) is 1. The highest BCUT2D eigenvalue weighted by Gasteiger charge is 2.18. The van der Waals surface area contributed by atoms with Gasteiger partial charge in [0.15, 0.2) is 0 Å². The zero-order valence-electron chi connectivity index (χ0n) is 4.64. The second-order valence-electron chi connectivity index (χ2n) is 1.38. The molecular weight excluding hydrogens is 151 g/mol. The Morgan fingerprint density at radius 1 is 1.50 bits per heavy atom. The summed E-state index contributed by atoms with van der Waals surface area (Å²) in [5.41, 5.74) is 2.79. The van der Waals surface area contributed by atoms with Gasteiger partial charge in [-0.2, -0.15) is 4.39 Å². The molecule has 0 saturated heterocycles. The van der Waals surface area contributed by atoms with Crippen molar-refractivity contribution in [3.8, 4) is 0 Å². The molecule has 58 valence electrons. The van der Waals surface area contributed by atoms with Gasteiger partial charge in [-0.25, -0.2) is 13.6 Å². The van der Waals surface area contributed by atoms with Gasteiger partial charge in [-0.05, 0) is 0 Å². The third-order valence-electron chi connectivity index (χ3n) is 0.676. The topological polar surface area (TPSA) is 63.3 Å². The highest BCUT2D eigenvalue weighted by atomic mass is 19.3. The zero-order chi connectivity index (χ0) is 8.31. The summed E-state index contributed by atoms with van der Waals surface area (Å²) in [5, 5.41) is 7.76. The fraction of sp³-hybridized carbons (Fsp3) is 0.250. The maximum atomic E-state index is 11.8. The minimum Gasteiger partial charge on any atom is -0.476 e. The summed E-state index contributed by atoms with van der Waals surface area (Å²) in [6.07, 6.45) is -3.27. The molecule has 10 heavy (non-hydrogen) atoms. The van der Waals surface area contributed by atoms with Gasteiger partial charge in [0.1, 0.15) is 5.70 Å². The monoisotopic (exact) mass is 155 g/mol. The van der Waals surface area contributed by atoms with E-state index < -0.39 is 23.9 Å². The normalized spacial score (nSPS) is 13.2. The molecule has 0 amide bonds. The molecule has 0 spiro atoms. The molecule has 0 bridgehead atoms. The molecule has 0 unspecified atom stereocenters. The zero-order valence-corrected chi connectivity index (χ0v) is 4.64. The minimum atomic E-state index is -3.27. The van der Waals surface area contributed by atoms with E-state index in [9.17, 15) is 18.0 Å². The number of rotatable bonds is 2. The van der Waals surface area contributed by atoms with Gasteiger partial charge >= 0.3 is 5.97 Å². The molecule has 0 aliphatic rings. The Balaban J connectivity index is 4.50. The molecule has 0 radical (unpaired) electrons. The first kappa shape index (κ1) is 8.80. The first-order valence-corrected chi connectivity index (χ1v) is 2.13. The fourth-order valence-corrected chi connectivity index (χ4v) is 0.219. The minimum absolute atomic E-state index is 1.55. The average molecular weight is 155 g/mol. The van der Waals surface area contributed by atoms with E-state index in [0.717, 1.165) is 0 Å². The molecule has 0 atom stereocenters. The fourth-order valence-electron chi connectivity index (χ4n) is 0.219. The summed E-state index contributed by atoms with van der Waals surface area (Å²) >= 11 is 0. The molecule has 0 fully saturated rings. The van der Waals surface area contributed by atoms with Crippen LogP contribution in [0, 0.1) is 0 Å². The van der Waals surface area contributed by atoms with E-state index in [2.05, 4.69) is 5.73 Å². The van der Waals surface area contributed by atoms with E-state index >= 15 is 0 Å². The molecule has 0 aliphatic heterocycles. The van der Waals surface area contributed by atoms with E-state index in [4.69, 9.17) is 5.11 Å². The SMILES string of the molecule is N/C(=C(/F)C(=O)O)C(F)F. The number of aliphatic carboxylic acids is 1. The maximum absolute atomic E-state index is 11.8. The van der Waals surface area contributed by atoms with Crippen molar-refractivity contribution in [3.05, 3.63) is 11.5 Å². The van der Waals surface area contributed by atoms with Gasteiger partial charge in [-0.1, -0.05) is 0 Å². The Labute approximate surface area is 53.9 Å². The van der Waals surface area contributed by atoms with Crippen molar-refractivity contribution in [3.63, 3.8) is 0 Å². The van der Waals surface area contributed by atoms with Crippen LogP contribution in [0.4, 0.5) is 13.2 Å². The molecule has 0 saturated carbocycles. The van der Waals surface area contributed by atoms with Crippen LogP contribution in [0.25, 0.3) is 0 Å². The number of carbonyl (C=O) groups is 1. The average Bonchev–Trinajstić information content (AvgIpc) is 1.84. The Morgan fingerprint density at radius 2 is 1.90 bits per heavy atom. The highest BCUT2D eigenvalue weighted by Crippen LogP contribution is 2.09. The number of alkyl halides is 2. The molecule has 0 aromatic rings. The van der Waals surface area contributed by atoms with E-state index in [1.807, 2.05) is 0 Å². The maximum Gasteiger partial charge on any atom is 0.366 e. The molecule has 3 nitrogen and oxygen atoms in total. The van der Waals surface area contributed by atoms with Crippen molar-refractivity contribution in [2.24, 2.45) is 5.73 Å². The van der Waals surface area contributed by atoms with E-state index in [1.54, 1.807) is 0 Å². The lowest BCUT2D eigenvalue weighted by atomic mass is 10.4. The van der Waals surface area contributed by atoms with Gasteiger partial charge < -0.3 is 10.8 Å². The standard InChI is InChI=1S/C4H4F3NO2/c5-1(4(9)10)2(8)3(6)7/h3H,8H2,(H,9,10)/b2-1+. The second-order valence-corrected chi connectivity index (χ2v) is 1.38. The Bertz CT molecular complexity index is 177. The van der Waals surface area contributed by atoms with Crippen LogP contribution in [0.1, 0.15) is 0 Å². The lowest BCUT2D eigenvalue weighted by molar-refractivity contribution is -0.134. The summed E-state index contributed by atoms with van der Waals surface area (Å²) in [5.74, 6) is -4.09. The van der Waals surface area contributed by atoms with Crippen molar-refractivity contribution >= 4 is 5.97 Å². The predicted molar refractivity (Wildman–Crippen MR) is 26.0 cm³/mol. The highest BCUT2D eigenvalue weighted by molar-refractivity contribution is 5.84. The van der Waals surface area contributed by atoms with Crippen molar-refractivity contribution in [2.45, 2.75) is 6.43 Å². The first-order valence-electron chi connectivity index (χ1n) is 2.13. The molecular formula is C4H4F3NO2. The van der Waals surface area contributed by atoms with Gasteiger partial charge in [0.05, 0.1) is 0 Å². The molecule has 0 aromatic carbocycles. The number of hydrogen-bond donors (Lipinski definition) is 2. The van der Waals surface area contributed by atoms with Crippen molar-refractivity contribution in [1.82, 2.24) is 0 Å². The smallest absolute Gasteiger partial charge is 0.366 e. The van der Waals surface area contributed by atoms with E-state index in [1.165, 1.54) is 0 Å². The second kappa shape index (κ2) is 3.09. The summed E-state index contributed by atoms with van der Waals surface area (Å²) < 4.78 is 34.6. The van der Waals surface area contributed by atoms with Gasteiger partial charge in [-0.3, -0.25) is 0 Å². The van der Waals surface area contributed by atoms with Crippen LogP contribution in [0.5, 0.6) is 0 Å². The van der Waals surface area contributed by atoms with Crippen molar-refractivity contribution in [2.75, 3.05) is 0 Å². The van der Waals surface area contributed by atoms with Gasteiger partial charge in [0, 0.05) is 0 Å². The van der Waals surface area contributed by atoms with Gasteiger partial charge in [0.25, 0.3) is 6.43 Å². The molecule has 3 N–H and O–H groups in total. The molecule has 0 rings (SSSR count). The lowest BCUT2D eigenvalue weighted by Gasteiger charge is -1.97. The van der Waals surface area contributed by atoms with Crippen LogP contribution in [0.2, 0.25) is 0 Å². The molecule has 0 heterocycles. The van der Waals surface area contributed by atoms with Crippen LogP contribution in [-0.4, -0.2) is 17.5 Å². The third-order valence-corrected chi connectivity index (χ3v) is 0.676.